The van der Waals surface area contributed by atoms with Gasteiger partial charge in [-0.2, -0.15) is 13.2 Å². The van der Waals surface area contributed by atoms with Gasteiger partial charge < -0.3 is 4.90 Å². The molecule has 0 aliphatic rings. The van der Waals surface area contributed by atoms with Gasteiger partial charge >= 0.3 is 6.18 Å². The molecule has 0 radical (unpaired) electrons. The number of carbonyl (C=O) groups excluding carboxylic acids is 1. The minimum absolute atomic E-state index is 0.131. The molecule has 0 atom stereocenters. The van der Waals surface area contributed by atoms with Crippen molar-refractivity contribution < 1.29 is 18.0 Å². The zero-order valence-electron chi connectivity index (χ0n) is 11.9. The Labute approximate surface area is 140 Å². The fourth-order valence-electron chi connectivity index (χ4n) is 2.08. The van der Waals surface area contributed by atoms with Gasteiger partial charge in [0, 0.05) is 24.0 Å². The Bertz CT molecular complexity index is 735. The number of halogens is 5. The van der Waals surface area contributed by atoms with Crippen LogP contribution in [0.5, 0.6) is 0 Å². The van der Waals surface area contributed by atoms with Crippen LogP contribution >= 0.6 is 23.2 Å². The number of hydrogen-bond acceptors (Lipinski definition) is 2. The number of benzene rings is 1. The van der Waals surface area contributed by atoms with Gasteiger partial charge in [-0.3, -0.25) is 9.78 Å². The van der Waals surface area contributed by atoms with Gasteiger partial charge in [0.25, 0.3) is 5.91 Å². The quantitative estimate of drug-likeness (QED) is 0.763. The van der Waals surface area contributed by atoms with Crippen LogP contribution in [0.2, 0.25) is 10.0 Å². The van der Waals surface area contributed by atoms with Crippen LogP contribution in [0.4, 0.5) is 18.9 Å². The van der Waals surface area contributed by atoms with E-state index in [2.05, 4.69) is 4.98 Å². The number of hydrogen-bond donors (Lipinski definition) is 0. The van der Waals surface area contributed by atoms with Gasteiger partial charge in [0.05, 0.1) is 21.8 Å². The predicted octanol–water partition coefficient (Wildman–Crippen LogP) is 5.07. The van der Waals surface area contributed by atoms with E-state index >= 15 is 0 Å². The largest absolute Gasteiger partial charge is 0.417 e. The lowest BCUT2D eigenvalue weighted by Crippen LogP contribution is -2.32. The van der Waals surface area contributed by atoms with Crippen molar-refractivity contribution in [3.05, 3.63) is 57.8 Å². The first-order valence-corrected chi connectivity index (χ1v) is 7.29. The molecular formula is C15H11Cl2F3N2O. The first-order chi connectivity index (χ1) is 10.8. The smallest absolute Gasteiger partial charge is 0.307 e. The Balaban J connectivity index is 2.50. The third kappa shape index (κ3) is 3.76. The fourth-order valence-corrected chi connectivity index (χ4v) is 2.59. The maximum absolute atomic E-state index is 13.1. The Hall–Kier alpha value is -1.79. The number of aromatic nitrogens is 1. The molecule has 1 amide bonds. The van der Waals surface area contributed by atoms with Crippen LogP contribution in [0.1, 0.15) is 22.8 Å². The van der Waals surface area contributed by atoms with E-state index in [1.54, 1.807) is 6.92 Å². The summed E-state index contributed by atoms with van der Waals surface area (Å²) >= 11 is 11.8. The van der Waals surface area contributed by atoms with E-state index in [0.29, 0.717) is 5.02 Å². The molecule has 1 aromatic heterocycles. The van der Waals surface area contributed by atoms with Gasteiger partial charge in [-0.05, 0) is 31.2 Å². The molecule has 2 rings (SSSR count). The van der Waals surface area contributed by atoms with Crippen LogP contribution in [0, 0.1) is 0 Å². The van der Waals surface area contributed by atoms with Crippen molar-refractivity contribution in [1.29, 1.82) is 0 Å². The van der Waals surface area contributed by atoms with Gasteiger partial charge in [-0.1, -0.05) is 23.2 Å². The average Bonchev–Trinajstić information content (AvgIpc) is 2.49. The minimum atomic E-state index is -4.66. The minimum Gasteiger partial charge on any atom is -0.307 e. The van der Waals surface area contributed by atoms with Crippen LogP contribution in [0.25, 0.3) is 0 Å². The highest BCUT2D eigenvalue weighted by molar-refractivity contribution is 6.37. The molecule has 1 aromatic carbocycles. The summed E-state index contributed by atoms with van der Waals surface area (Å²) in [6.07, 6.45) is -2.76. The van der Waals surface area contributed by atoms with Gasteiger partial charge in [0.1, 0.15) is 0 Å². The first kappa shape index (κ1) is 17.6. The van der Waals surface area contributed by atoms with E-state index in [4.69, 9.17) is 23.2 Å². The Morgan fingerprint density at radius 3 is 2.52 bits per heavy atom. The van der Waals surface area contributed by atoms with Crippen molar-refractivity contribution in [2.45, 2.75) is 13.1 Å². The maximum atomic E-state index is 13.1. The predicted molar refractivity (Wildman–Crippen MR) is 83.1 cm³/mol. The van der Waals surface area contributed by atoms with Gasteiger partial charge in [-0.25, -0.2) is 0 Å². The Kier molecular flexibility index (Phi) is 5.16. The van der Waals surface area contributed by atoms with Crippen molar-refractivity contribution in [3.8, 4) is 0 Å². The van der Waals surface area contributed by atoms with Crippen LogP contribution < -0.4 is 4.90 Å². The first-order valence-electron chi connectivity index (χ1n) is 6.53. The highest BCUT2D eigenvalue weighted by atomic mass is 35.5. The van der Waals surface area contributed by atoms with Crippen LogP contribution in [-0.2, 0) is 6.18 Å². The molecule has 0 aliphatic heterocycles. The standard InChI is InChI=1S/C15H11Cl2F3N2O/c1-2-22(13-4-3-9(16)7-12(13)17)14(23)10-8-21-6-5-11(10)15(18,19)20/h3-8H,2H2,1H3. The normalized spacial score (nSPS) is 11.4. The molecule has 3 nitrogen and oxygen atoms in total. The molecule has 1 heterocycles. The van der Waals surface area contributed by atoms with Crippen molar-refractivity contribution in [2.24, 2.45) is 0 Å². The summed E-state index contributed by atoms with van der Waals surface area (Å²) in [6.45, 7) is 1.76. The monoisotopic (exact) mass is 362 g/mol. The van der Waals surface area contributed by atoms with E-state index in [1.165, 1.54) is 18.2 Å². The zero-order chi connectivity index (χ0) is 17.2. The second kappa shape index (κ2) is 6.76. The lowest BCUT2D eigenvalue weighted by Gasteiger charge is -2.23. The second-order valence-electron chi connectivity index (χ2n) is 4.56. The molecule has 0 aliphatic carbocycles. The molecule has 122 valence electrons. The molecule has 0 spiro atoms. The highest BCUT2D eigenvalue weighted by Crippen LogP contribution is 2.34. The maximum Gasteiger partial charge on any atom is 0.417 e. The van der Waals surface area contributed by atoms with Gasteiger partial charge in [0.2, 0.25) is 0 Å². The zero-order valence-corrected chi connectivity index (χ0v) is 13.4. The number of pyridine rings is 1. The number of alkyl halides is 3. The SMILES string of the molecule is CCN(C(=O)c1cnccc1C(F)(F)F)c1ccc(Cl)cc1Cl. The molecule has 23 heavy (non-hydrogen) atoms. The highest BCUT2D eigenvalue weighted by Gasteiger charge is 2.36. The molecule has 8 heteroatoms. The van der Waals surface area contributed by atoms with Gasteiger partial charge in [-0.15, -0.1) is 0 Å². The molecule has 0 saturated heterocycles. The van der Waals surface area contributed by atoms with E-state index in [1.807, 2.05) is 0 Å². The summed E-state index contributed by atoms with van der Waals surface area (Å²) < 4.78 is 39.2. The summed E-state index contributed by atoms with van der Waals surface area (Å²) in [6, 6.07) is 5.18. The molecule has 0 saturated carbocycles. The summed E-state index contributed by atoms with van der Waals surface area (Å²) in [4.78, 5) is 17.3. The number of amides is 1. The van der Waals surface area contributed by atoms with E-state index < -0.39 is 23.2 Å². The Morgan fingerprint density at radius 2 is 1.96 bits per heavy atom. The van der Waals surface area contributed by atoms with Crippen molar-refractivity contribution >= 4 is 34.8 Å². The second-order valence-corrected chi connectivity index (χ2v) is 5.41. The lowest BCUT2D eigenvalue weighted by molar-refractivity contribution is -0.138. The van der Waals surface area contributed by atoms with Crippen LogP contribution in [0.15, 0.2) is 36.7 Å². The van der Waals surface area contributed by atoms with Crippen molar-refractivity contribution in [2.75, 3.05) is 11.4 Å². The topological polar surface area (TPSA) is 33.2 Å². The van der Waals surface area contributed by atoms with Crippen molar-refractivity contribution in [3.63, 3.8) is 0 Å². The number of carbonyl (C=O) groups is 1. The average molecular weight is 363 g/mol. The van der Waals surface area contributed by atoms with E-state index in [0.717, 1.165) is 23.4 Å². The molecule has 0 unspecified atom stereocenters. The lowest BCUT2D eigenvalue weighted by atomic mass is 10.1. The van der Waals surface area contributed by atoms with E-state index in [-0.39, 0.29) is 17.3 Å². The third-order valence-corrected chi connectivity index (χ3v) is 3.66. The van der Waals surface area contributed by atoms with E-state index in [9.17, 15) is 18.0 Å². The molecule has 2 aromatic rings. The summed E-state index contributed by atoms with van der Waals surface area (Å²) in [5.74, 6) is -0.836. The van der Waals surface area contributed by atoms with Gasteiger partial charge in [0.15, 0.2) is 0 Å². The number of anilines is 1. The fraction of sp³-hybridized carbons (Fsp3) is 0.200. The Morgan fingerprint density at radius 1 is 1.26 bits per heavy atom. The van der Waals surface area contributed by atoms with Crippen LogP contribution in [-0.4, -0.2) is 17.4 Å². The van der Waals surface area contributed by atoms with Crippen LogP contribution in [0.3, 0.4) is 0 Å². The summed E-state index contributed by atoms with van der Waals surface area (Å²) in [5.41, 5.74) is -1.30. The summed E-state index contributed by atoms with van der Waals surface area (Å²) in [7, 11) is 0. The molecular weight excluding hydrogens is 352 g/mol. The summed E-state index contributed by atoms with van der Waals surface area (Å²) in [5, 5.41) is 0.532. The number of rotatable bonds is 3. The third-order valence-electron chi connectivity index (χ3n) is 3.12. The molecule has 0 fully saturated rings. The molecule has 0 bridgehead atoms. The van der Waals surface area contributed by atoms with Crippen molar-refractivity contribution in [1.82, 2.24) is 4.98 Å². The number of nitrogens with zero attached hydrogens (tertiary/aromatic N) is 2. The molecule has 0 N–H and O–H groups in total.